The number of rotatable bonds is 0. The standard InChI is InChI=1S/C15H21NO2/c1-14-6-7-16(3)13(15(14,2)18)8-10-4-5-11(17)9-12(10)14/h4-5,9,13,17-18H,6-8H2,1-3H3/t13?,14-,15-/m1/s1. The minimum absolute atomic E-state index is 0.160. The Hall–Kier alpha value is -1.06. The van der Waals surface area contributed by atoms with Crippen LogP contribution in [0.25, 0.3) is 0 Å². The molecule has 0 saturated carbocycles. The van der Waals surface area contributed by atoms with E-state index in [1.807, 2.05) is 19.1 Å². The fourth-order valence-electron chi connectivity index (χ4n) is 3.83. The maximum atomic E-state index is 11.0. The number of phenols is 1. The molecule has 1 aromatic rings. The van der Waals surface area contributed by atoms with Gasteiger partial charge >= 0.3 is 0 Å². The number of phenolic OH excluding ortho intramolecular Hbond substituents is 1. The molecule has 1 unspecified atom stereocenters. The van der Waals surface area contributed by atoms with Gasteiger partial charge in [-0.05, 0) is 56.6 Å². The zero-order chi connectivity index (χ0) is 13.1. The maximum absolute atomic E-state index is 11.0. The summed E-state index contributed by atoms with van der Waals surface area (Å²) in [6.45, 7) is 5.07. The quantitative estimate of drug-likeness (QED) is 0.733. The van der Waals surface area contributed by atoms with Crippen molar-refractivity contribution in [2.24, 2.45) is 0 Å². The van der Waals surface area contributed by atoms with Crippen LogP contribution in [-0.2, 0) is 11.8 Å². The van der Waals surface area contributed by atoms with E-state index in [4.69, 9.17) is 0 Å². The lowest BCUT2D eigenvalue weighted by molar-refractivity contribution is -0.121. The highest BCUT2D eigenvalue weighted by Gasteiger charge is 2.57. The highest BCUT2D eigenvalue weighted by molar-refractivity contribution is 5.46. The van der Waals surface area contributed by atoms with Gasteiger partial charge in [0.25, 0.3) is 0 Å². The highest BCUT2D eigenvalue weighted by atomic mass is 16.3. The molecular weight excluding hydrogens is 226 g/mol. The van der Waals surface area contributed by atoms with Crippen molar-refractivity contribution in [3.63, 3.8) is 0 Å². The lowest BCUT2D eigenvalue weighted by Gasteiger charge is -2.58. The lowest BCUT2D eigenvalue weighted by atomic mass is 9.56. The maximum Gasteiger partial charge on any atom is 0.115 e. The molecule has 1 heterocycles. The zero-order valence-electron chi connectivity index (χ0n) is 11.3. The Morgan fingerprint density at radius 1 is 1.33 bits per heavy atom. The molecule has 3 nitrogen and oxygen atoms in total. The van der Waals surface area contributed by atoms with Gasteiger partial charge in [-0.2, -0.15) is 0 Å². The molecule has 1 saturated heterocycles. The van der Waals surface area contributed by atoms with Gasteiger partial charge in [0.1, 0.15) is 5.75 Å². The minimum atomic E-state index is -0.749. The van der Waals surface area contributed by atoms with Crippen LogP contribution in [0.1, 0.15) is 31.4 Å². The van der Waals surface area contributed by atoms with E-state index in [0.29, 0.717) is 5.75 Å². The second-order valence-electron chi connectivity index (χ2n) is 6.27. The highest BCUT2D eigenvalue weighted by Crippen LogP contribution is 2.51. The number of likely N-dealkylation sites (tertiary alicyclic amines) is 1. The molecule has 1 aromatic carbocycles. The number of hydrogen-bond acceptors (Lipinski definition) is 3. The predicted molar refractivity (Wildman–Crippen MR) is 70.8 cm³/mol. The Morgan fingerprint density at radius 3 is 2.78 bits per heavy atom. The third kappa shape index (κ3) is 1.32. The van der Waals surface area contributed by atoms with Crippen molar-refractivity contribution in [1.29, 1.82) is 0 Å². The molecule has 0 radical (unpaired) electrons. The average molecular weight is 247 g/mol. The molecule has 0 spiro atoms. The number of likely N-dealkylation sites (N-methyl/N-ethyl adjacent to an activating group) is 1. The molecule has 18 heavy (non-hydrogen) atoms. The Bertz CT molecular complexity index is 497. The van der Waals surface area contributed by atoms with Crippen LogP contribution < -0.4 is 0 Å². The molecule has 2 aliphatic rings. The van der Waals surface area contributed by atoms with Gasteiger partial charge in [0, 0.05) is 11.5 Å². The van der Waals surface area contributed by atoms with E-state index in [1.165, 1.54) is 5.56 Å². The number of aliphatic hydroxyl groups is 1. The summed E-state index contributed by atoms with van der Waals surface area (Å²) in [5.74, 6) is 0.295. The van der Waals surface area contributed by atoms with Crippen LogP contribution in [0.5, 0.6) is 5.75 Å². The van der Waals surface area contributed by atoms with Gasteiger partial charge in [-0.1, -0.05) is 13.0 Å². The molecule has 2 N–H and O–H groups in total. The summed E-state index contributed by atoms with van der Waals surface area (Å²) < 4.78 is 0. The summed E-state index contributed by atoms with van der Waals surface area (Å²) >= 11 is 0. The molecule has 0 aromatic heterocycles. The second kappa shape index (κ2) is 3.49. The monoisotopic (exact) mass is 247 g/mol. The topological polar surface area (TPSA) is 43.7 Å². The van der Waals surface area contributed by atoms with Crippen LogP contribution in [-0.4, -0.2) is 40.3 Å². The first-order valence-electron chi connectivity index (χ1n) is 6.61. The van der Waals surface area contributed by atoms with Gasteiger partial charge in [-0.15, -0.1) is 0 Å². The molecule has 0 amide bonds. The summed E-state index contributed by atoms with van der Waals surface area (Å²) in [6.07, 6.45) is 1.78. The first-order valence-corrected chi connectivity index (χ1v) is 6.61. The van der Waals surface area contributed by atoms with Crippen molar-refractivity contribution in [2.45, 2.75) is 43.7 Å². The number of piperidine rings is 1. The van der Waals surface area contributed by atoms with Crippen LogP contribution in [0.3, 0.4) is 0 Å². The molecule has 2 bridgehead atoms. The van der Waals surface area contributed by atoms with Crippen molar-refractivity contribution >= 4 is 0 Å². The van der Waals surface area contributed by atoms with E-state index in [-0.39, 0.29) is 11.5 Å². The van der Waals surface area contributed by atoms with Gasteiger partial charge < -0.3 is 15.1 Å². The summed E-state index contributed by atoms with van der Waals surface area (Å²) in [5.41, 5.74) is 1.37. The summed E-state index contributed by atoms with van der Waals surface area (Å²) in [6, 6.07) is 5.75. The van der Waals surface area contributed by atoms with Crippen molar-refractivity contribution in [1.82, 2.24) is 4.90 Å². The molecule has 1 aliphatic heterocycles. The average Bonchev–Trinajstić information content (AvgIpc) is 2.30. The van der Waals surface area contributed by atoms with Crippen LogP contribution in [0.15, 0.2) is 18.2 Å². The van der Waals surface area contributed by atoms with Gasteiger partial charge in [0.05, 0.1) is 5.60 Å². The molecule has 1 aliphatic carbocycles. The Kier molecular flexibility index (Phi) is 2.32. The fraction of sp³-hybridized carbons (Fsp3) is 0.600. The van der Waals surface area contributed by atoms with Crippen LogP contribution in [0, 0.1) is 0 Å². The van der Waals surface area contributed by atoms with Gasteiger partial charge in [-0.3, -0.25) is 0 Å². The summed E-state index contributed by atoms with van der Waals surface area (Å²) in [5, 5.41) is 20.7. The molecule has 98 valence electrons. The largest absolute Gasteiger partial charge is 0.508 e. The molecule has 3 atom stereocenters. The first-order chi connectivity index (χ1) is 8.36. The smallest absolute Gasteiger partial charge is 0.115 e. The number of fused-ring (bicyclic) bond motifs is 4. The SMILES string of the molecule is CN1CC[C@]2(C)c3cc(O)ccc3CC1[C@@]2(C)O. The van der Waals surface area contributed by atoms with Crippen molar-refractivity contribution < 1.29 is 10.2 Å². The van der Waals surface area contributed by atoms with Gasteiger partial charge in [-0.25, -0.2) is 0 Å². The van der Waals surface area contributed by atoms with Crippen molar-refractivity contribution in [2.75, 3.05) is 13.6 Å². The third-order valence-electron chi connectivity index (χ3n) is 5.36. The Morgan fingerprint density at radius 2 is 2.06 bits per heavy atom. The van der Waals surface area contributed by atoms with E-state index >= 15 is 0 Å². The Labute approximate surface area is 108 Å². The number of hydrogen-bond donors (Lipinski definition) is 2. The second-order valence-corrected chi connectivity index (χ2v) is 6.27. The molecule has 3 heteroatoms. The lowest BCUT2D eigenvalue weighted by Crippen LogP contribution is -2.68. The summed E-state index contributed by atoms with van der Waals surface area (Å²) in [4.78, 5) is 2.26. The summed E-state index contributed by atoms with van der Waals surface area (Å²) in [7, 11) is 2.09. The first kappa shape index (κ1) is 12.0. The van der Waals surface area contributed by atoms with Crippen LogP contribution >= 0.6 is 0 Å². The van der Waals surface area contributed by atoms with Crippen molar-refractivity contribution in [3.05, 3.63) is 29.3 Å². The van der Waals surface area contributed by atoms with E-state index in [9.17, 15) is 10.2 Å². The van der Waals surface area contributed by atoms with Crippen LogP contribution in [0.2, 0.25) is 0 Å². The molecule has 1 fully saturated rings. The van der Waals surface area contributed by atoms with Gasteiger partial charge in [0.2, 0.25) is 0 Å². The number of nitrogens with zero attached hydrogens (tertiary/aromatic N) is 1. The van der Waals surface area contributed by atoms with E-state index in [2.05, 4.69) is 18.9 Å². The van der Waals surface area contributed by atoms with E-state index in [0.717, 1.165) is 24.9 Å². The molecular formula is C15H21NO2. The fourth-order valence-corrected chi connectivity index (χ4v) is 3.83. The molecule has 3 rings (SSSR count). The van der Waals surface area contributed by atoms with E-state index < -0.39 is 5.60 Å². The number of benzene rings is 1. The zero-order valence-corrected chi connectivity index (χ0v) is 11.3. The van der Waals surface area contributed by atoms with Gasteiger partial charge in [0.15, 0.2) is 0 Å². The van der Waals surface area contributed by atoms with Crippen LogP contribution in [0.4, 0.5) is 0 Å². The Balaban J connectivity index is 2.22. The predicted octanol–water partition coefficient (Wildman–Crippen LogP) is 1.66. The number of aromatic hydroxyl groups is 1. The third-order valence-corrected chi connectivity index (χ3v) is 5.36. The van der Waals surface area contributed by atoms with Crippen molar-refractivity contribution in [3.8, 4) is 5.75 Å². The minimum Gasteiger partial charge on any atom is -0.508 e. The van der Waals surface area contributed by atoms with E-state index in [1.54, 1.807) is 6.07 Å². The normalized spacial score (nSPS) is 39.4.